The second-order valence-electron chi connectivity index (χ2n) is 5.09. The van der Waals surface area contributed by atoms with Crippen LogP contribution in [0.4, 0.5) is 0 Å². The van der Waals surface area contributed by atoms with Crippen LogP contribution in [0.2, 0.25) is 0 Å². The number of sulfonamides is 1. The van der Waals surface area contributed by atoms with Crippen molar-refractivity contribution in [1.82, 2.24) is 4.72 Å². The number of aryl methyl sites for hydroxylation is 1. The summed E-state index contributed by atoms with van der Waals surface area (Å²) in [4.78, 5) is 0. The second kappa shape index (κ2) is 5.81. The Morgan fingerprint density at radius 2 is 2.21 bits per heavy atom. The quantitative estimate of drug-likeness (QED) is 0.805. The molecule has 1 N–H and O–H groups in total. The Kier molecular flexibility index (Phi) is 4.72. The van der Waals surface area contributed by atoms with E-state index in [1.165, 1.54) is 11.3 Å². The van der Waals surface area contributed by atoms with E-state index >= 15 is 0 Å². The molecule has 0 atom stereocenters. The number of hydrogen-bond acceptors (Lipinski definition) is 4. The van der Waals surface area contributed by atoms with Gasteiger partial charge in [-0.05, 0) is 59.2 Å². The van der Waals surface area contributed by atoms with Gasteiger partial charge < -0.3 is 4.74 Å². The Morgan fingerprint density at radius 1 is 1.53 bits per heavy atom. The molecule has 19 heavy (non-hydrogen) atoms. The van der Waals surface area contributed by atoms with Crippen LogP contribution in [-0.2, 0) is 14.8 Å². The maximum atomic E-state index is 12.2. The highest BCUT2D eigenvalue weighted by molar-refractivity contribution is 9.11. The Morgan fingerprint density at radius 3 is 2.68 bits per heavy atom. The Bertz CT molecular complexity index is 530. The average Bonchev–Trinajstić information content (AvgIpc) is 3.06. The van der Waals surface area contributed by atoms with E-state index in [-0.39, 0.29) is 5.41 Å². The van der Waals surface area contributed by atoms with Gasteiger partial charge in [0.05, 0.1) is 3.79 Å². The predicted octanol–water partition coefficient (Wildman–Crippen LogP) is 2.91. The third-order valence-electron chi connectivity index (χ3n) is 3.53. The van der Waals surface area contributed by atoms with Crippen LogP contribution in [0.25, 0.3) is 0 Å². The molecule has 0 aromatic carbocycles. The summed E-state index contributed by atoms with van der Waals surface area (Å²) in [6.45, 7) is 3.08. The largest absolute Gasteiger partial charge is 0.385 e. The fourth-order valence-corrected chi connectivity index (χ4v) is 5.32. The van der Waals surface area contributed by atoms with Gasteiger partial charge in [-0.15, -0.1) is 11.3 Å². The third kappa shape index (κ3) is 3.78. The van der Waals surface area contributed by atoms with Crippen molar-refractivity contribution < 1.29 is 13.2 Å². The molecule has 1 aliphatic carbocycles. The number of methoxy groups -OCH3 is 1. The van der Waals surface area contributed by atoms with E-state index in [4.69, 9.17) is 4.74 Å². The molecule has 0 spiro atoms. The Labute approximate surface area is 126 Å². The minimum Gasteiger partial charge on any atom is -0.385 e. The van der Waals surface area contributed by atoms with Gasteiger partial charge in [-0.1, -0.05) is 0 Å². The van der Waals surface area contributed by atoms with Gasteiger partial charge in [-0.2, -0.15) is 0 Å². The monoisotopic (exact) mass is 367 g/mol. The standard InChI is InChI=1S/C12H18BrNO3S2/c1-9-7-10(18-11(9)13)19(15,16)14-8-12(3-4-12)5-6-17-2/h7,14H,3-6,8H2,1-2H3. The molecule has 0 bridgehead atoms. The molecular weight excluding hydrogens is 350 g/mol. The summed E-state index contributed by atoms with van der Waals surface area (Å²) in [6.07, 6.45) is 3.07. The summed E-state index contributed by atoms with van der Waals surface area (Å²) in [5.74, 6) is 0. The van der Waals surface area contributed by atoms with Gasteiger partial charge in [-0.25, -0.2) is 13.1 Å². The fourth-order valence-electron chi connectivity index (χ4n) is 1.89. The second-order valence-corrected chi connectivity index (χ2v) is 9.45. The third-order valence-corrected chi connectivity index (χ3v) is 7.54. The van der Waals surface area contributed by atoms with Gasteiger partial charge in [0.15, 0.2) is 0 Å². The van der Waals surface area contributed by atoms with Crippen LogP contribution in [0.1, 0.15) is 24.8 Å². The number of nitrogens with one attached hydrogen (secondary N) is 1. The molecular formula is C12H18BrNO3S2. The molecule has 0 amide bonds. The zero-order valence-corrected chi connectivity index (χ0v) is 14.3. The number of ether oxygens (including phenoxy) is 1. The Balaban J connectivity index is 1.98. The van der Waals surface area contributed by atoms with Gasteiger partial charge in [0.1, 0.15) is 4.21 Å². The van der Waals surface area contributed by atoms with Crippen LogP contribution in [-0.4, -0.2) is 28.7 Å². The lowest BCUT2D eigenvalue weighted by molar-refractivity contribution is 0.173. The highest BCUT2D eigenvalue weighted by atomic mass is 79.9. The van der Waals surface area contributed by atoms with Gasteiger partial charge in [0.25, 0.3) is 0 Å². The number of hydrogen-bond donors (Lipinski definition) is 1. The summed E-state index contributed by atoms with van der Waals surface area (Å²) in [5, 5.41) is 0. The van der Waals surface area contributed by atoms with Crippen LogP contribution in [0.15, 0.2) is 14.1 Å². The normalized spacial score (nSPS) is 17.6. The minimum atomic E-state index is -3.38. The summed E-state index contributed by atoms with van der Waals surface area (Å²) < 4.78 is 33.4. The van der Waals surface area contributed by atoms with Crippen LogP contribution in [0.5, 0.6) is 0 Å². The fraction of sp³-hybridized carbons (Fsp3) is 0.667. The lowest BCUT2D eigenvalue weighted by Gasteiger charge is -2.15. The van der Waals surface area contributed by atoms with Crippen molar-refractivity contribution in [2.24, 2.45) is 5.41 Å². The maximum absolute atomic E-state index is 12.2. The molecule has 4 nitrogen and oxygen atoms in total. The Hall–Kier alpha value is 0.0500. The van der Waals surface area contributed by atoms with Crippen LogP contribution in [0, 0.1) is 12.3 Å². The number of thiophene rings is 1. The van der Waals surface area contributed by atoms with Crippen LogP contribution >= 0.6 is 27.3 Å². The smallest absolute Gasteiger partial charge is 0.250 e. The lowest BCUT2D eigenvalue weighted by Crippen LogP contribution is -2.30. The predicted molar refractivity (Wildman–Crippen MR) is 80.1 cm³/mol. The summed E-state index contributed by atoms with van der Waals surface area (Å²) in [5.41, 5.74) is 1.07. The zero-order chi connectivity index (χ0) is 14.1. The van der Waals surface area contributed by atoms with Gasteiger partial charge in [0.2, 0.25) is 10.0 Å². The van der Waals surface area contributed by atoms with Crippen molar-refractivity contribution in [1.29, 1.82) is 0 Å². The molecule has 1 saturated carbocycles. The van der Waals surface area contributed by atoms with E-state index in [1.807, 2.05) is 6.92 Å². The van der Waals surface area contributed by atoms with E-state index in [0.717, 1.165) is 28.6 Å². The van der Waals surface area contributed by atoms with Crippen molar-refractivity contribution in [3.8, 4) is 0 Å². The van der Waals surface area contributed by atoms with Crippen molar-refractivity contribution >= 4 is 37.3 Å². The van der Waals surface area contributed by atoms with E-state index in [0.29, 0.717) is 17.4 Å². The van der Waals surface area contributed by atoms with E-state index < -0.39 is 10.0 Å². The SMILES string of the molecule is COCCC1(CNS(=O)(=O)c2cc(C)c(Br)s2)CC1. The molecule has 1 fully saturated rings. The topological polar surface area (TPSA) is 55.4 Å². The van der Waals surface area contributed by atoms with Gasteiger partial charge in [0, 0.05) is 20.3 Å². The van der Waals surface area contributed by atoms with E-state index in [2.05, 4.69) is 20.7 Å². The van der Waals surface area contributed by atoms with Crippen LogP contribution in [0.3, 0.4) is 0 Å². The lowest BCUT2D eigenvalue weighted by atomic mass is 10.0. The summed E-state index contributed by atoms with van der Waals surface area (Å²) in [7, 11) is -1.71. The molecule has 1 aliphatic rings. The molecule has 0 radical (unpaired) electrons. The molecule has 108 valence electrons. The van der Waals surface area contributed by atoms with Crippen molar-refractivity contribution in [3.05, 3.63) is 15.4 Å². The molecule has 2 rings (SSSR count). The number of rotatable bonds is 7. The maximum Gasteiger partial charge on any atom is 0.250 e. The molecule has 1 heterocycles. The van der Waals surface area contributed by atoms with E-state index in [9.17, 15) is 8.42 Å². The van der Waals surface area contributed by atoms with Crippen molar-refractivity contribution in [2.75, 3.05) is 20.3 Å². The van der Waals surface area contributed by atoms with Gasteiger partial charge >= 0.3 is 0 Å². The summed E-state index contributed by atoms with van der Waals surface area (Å²) in [6, 6.07) is 1.70. The van der Waals surface area contributed by atoms with Gasteiger partial charge in [-0.3, -0.25) is 0 Å². The molecule has 1 aromatic rings. The molecule has 1 aromatic heterocycles. The molecule has 0 unspecified atom stereocenters. The summed E-state index contributed by atoms with van der Waals surface area (Å²) >= 11 is 4.61. The first-order valence-corrected chi connectivity index (χ1v) is 9.22. The molecule has 7 heteroatoms. The first kappa shape index (κ1) is 15.4. The average molecular weight is 368 g/mol. The highest BCUT2D eigenvalue weighted by Crippen LogP contribution is 2.48. The highest BCUT2D eigenvalue weighted by Gasteiger charge is 2.42. The van der Waals surface area contributed by atoms with Crippen molar-refractivity contribution in [3.63, 3.8) is 0 Å². The first-order chi connectivity index (χ1) is 8.88. The van der Waals surface area contributed by atoms with Crippen LogP contribution < -0.4 is 4.72 Å². The minimum absolute atomic E-state index is 0.118. The van der Waals surface area contributed by atoms with E-state index in [1.54, 1.807) is 13.2 Å². The molecule has 0 aliphatic heterocycles. The zero-order valence-electron chi connectivity index (χ0n) is 11.0. The molecule has 0 saturated heterocycles. The first-order valence-electron chi connectivity index (χ1n) is 6.13. The number of halogens is 1. The van der Waals surface area contributed by atoms with Crippen molar-refractivity contribution in [2.45, 2.75) is 30.4 Å².